The third-order valence-corrected chi connectivity index (χ3v) is 5.52. The lowest BCUT2D eigenvalue weighted by molar-refractivity contribution is -0.130. The van der Waals surface area contributed by atoms with E-state index >= 15 is 0 Å². The summed E-state index contributed by atoms with van der Waals surface area (Å²) in [5.74, 6) is -0.213. The van der Waals surface area contributed by atoms with Crippen molar-refractivity contribution in [1.29, 1.82) is 0 Å². The van der Waals surface area contributed by atoms with Crippen LogP contribution >= 0.6 is 0 Å². The molecule has 1 aliphatic carbocycles. The van der Waals surface area contributed by atoms with Crippen LogP contribution in [-0.4, -0.2) is 55.3 Å². The number of carbonyl (C=O) groups excluding carboxylic acids is 3. The second kappa shape index (κ2) is 8.98. The van der Waals surface area contributed by atoms with Crippen molar-refractivity contribution in [3.8, 4) is 0 Å². The van der Waals surface area contributed by atoms with Gasteiger partial charge < -0.3 is 20.4 Å². The predicted octanol–water partition coefficient (Wildman–Crippen LogP) is 2.11. The number of amides is 3. The summed E-state index contributed by atoms with van der Waals surface area (Å²) in [5.41, 5.74) is 2.30. The number of benzene rings is 2. The molecule has 1 aliphatic heterocycles. The number of rotatable bonds is 6. The van der Waals surface area contributed by atoms with Crippen molar-refractivity contribution in [3.05, 3.63) is 60.2 Å². The van der Waals surface area contributed by atoms with Gasteiger partial charge in [-0.3, -0.25) is 14.4 Å². The summed E-state index contributed by atoms with van der Waals surface area (Å²) in [7, 11) is 0. The Morgan fingerprint density at radius 2 is 1.53 bits per heavy atom. The van der Waals surface area contributed by atoms with Crippen molar-refractivity contribution < 1.29 is 14.4 Å². The molecular weight excluding hydrogens is 380 g/mol. The van der Waals surface area contributed by atoms with Crippen LogP contribution in [-0.2, 0) is 9.59 Å². The summed E-state index contributed by atoms with van der Waals surface area (Å²) in [5, 5.41) is 5.54. The van der Waals surface area contributed by atoms with Crippen molar-refractivity contribution in [2.75, 3.05) is 42.9 Å². The molecule has 2 aliphatic rings. The largest absolute Gasteiger partial charge is 0.368 e. The Morgan fingerprint density at radius 3 is 2.17 bits per heavy atom. The monoisotopic (exact) mass is 406 g/mol. The maximum Gasteiger partial charge on any atom is 0.251 e. The van der Waals surface area contributed by atoms with Crippen molar-refractivity contribution in [2.45, 2.75) is 12.8 Å². The van der Waals surface area contributed by atoms with Gasteiger partial charge in [-0.1, -0.05) is 18.2 Å². The third kappa shape index (κ3) is 4.97. The van der Waals surface area contributed by atoms with Crippen LogP contribution in [0.25, 0.3) is 0 Å². The number of piperazine rings is 1. The lowest BCUT2D eigenvalue weighted by Crippen LogP contribution is -2.51. The minimum Gasteiger partial charge on any atom is -0.368 e. The highest BCUT2D eigenvalue weighted by molar-refractivity contribution is 5.98. The molecule has 0 aromatic heterocycles. The minimum atomic E-state index is -0.300. The molecule has 0 bridgehead atoms. The highest BCUT2D eigenvalue weighted by atomic mass is 16.2. The molecule has 7 heteroatoms. The van der Waals surface area contributed by atoms with Crippen molar-refractivity contribution >= 4 is 29.1 Å². The molecule has 2 aromatic rings. The van der Waals surface area contributed by atoms with Gasteiger partial charge in [-0.05, 0) is 49.2 Å². The van der Waals surface area contributed by atoms with Crippen LogP contribution in [0.15, 0.2) is 54.6 Å². The fourth-order valence-corrected chi connectivity index (χ4v) is 3.52. The van der Waals surface area contributed by atoms with Gasteiger partial charge in [-0.15, -0.1) is 0 Å². The number of anilines is 2. The molecule has 0 radical (unpaired) electrons. The topological polar surface area (TPSA) is 81.8 Å². The lowest BCUT2D eigenvalue weighted by atomic mass is 10.2. The third-order valence-electron chi connectivity index (χ3n) is 5.52. The minimum absolute atomic E-state index is 0.0235. The molecule has 0 unspecified atom stereocenters. The first-order chi connectivity index (χ1) is 14.6. The summed E-state index contributed by atoms with van der Waals surface area (Å²) >= 11 is 0. The van der Waals surface area contributed by atoms with Gasteiger partial charge in [-0.2, -0.15) is 0 Å². The van der Waals surface area contributed by atoms with Crippen LogP contribution in [0.2, 0.25) is 0 Å². The van der Waals surface area contributed by atoms with Crippen molar-refractivity contribution in [2.24, 2.45) is 5.92 Å². The van der Waals surface area contributed by atoms with Gasteiger partial charge in [0.05, 0.1) is 6.54 Å². The van der Waals surface area contributed by atoms with Crippen LogP contribution in [0.4, 0.5) is 11.4 Å². The molecule has 0 atom stereocenters. The van der Waals surface area contributed by atoms with E-state index in [1.165, 1.54) is 0 Å². The number of carbonyl (C=O) groups is 3. The van der Waals surface area contributed by atoms with Gasteiger partial charge >= 0.3 is 0 Å². The van der Waals surface area contributed by atoms with Crippen LogP contribution in [0.5, 0.6) is 0 Å². The van der Waals surface area contributed by atoms with Crippen molar-refractivity contribution in [3.63, 3.8) is 0 Å². The molecule has 3 amide bonds. The first-order valence-electron chi connectivity index (χ1n) is 10.4. The standard InChI is InChI=1S/C23H26N4O3/c28-21(27-14-12-26(13-15-27)20-4-2-1-3-5-20)16-24-22(29)17-8-10-19(11-9-17)25-23(30)18-6-7-18/h1-5,8-11,18H,6-7,12-16H2,(H,24,29)(H,25,30). The van der Waals surface area contributed by atoms with E-state index < -0.39 is 0 Å². The molecule has 1 heterocycles. The van der Waals surface area contributed by atoms with E-state index in [-0.39, 0.29) is 30.2 Å². The van der Waals surface area contributed by atoms with E-state index in [0.29, 0.717) is 24.3 Å². The molecule has 30 heavy (non-hydrogen) atoms. The van der Waals surface area contributed by atoms with Crippen LogP contribution in [0.1, 0.15) is 23.2 Å². The maximum absolute atomic E-state index is 12.5. The summed E-state index contributed by atoms with van der Waals surface area (Å²) < 4.78 is 0. The van der Waals surface area contributed by atoms with E-state index in [1.54, 1.807) is 29.2 Å². The second-order valence-corrected chi connectivity index (χ2v) is 7.73. The molecular formula is C23H26N4O3. The van der Waals surface area contributed by atoms with E-state index in [4.69, 9.17) is 0 Å². The predicted molar refractivity (Wildman–Crippen MR) is 115 cm³/mol. The Bertz CT molecular complexity index is 902. The summed E-state index contributed by atoms with van der Waals surface area (Å²) in [6.07, 6.45) is 1.89. The fourth-order valence-electron chi connectivity index (χ4n) is 3.52. The first kappa shape index (κ1) is 19.9. The van der Waals surface area contributed by atoms with Gasteiger partial charge in [-0.25, -0.2) is 0 Å². The Labute approximate surface area is 176 Å². The number of hydrogen-bond donors (Lipinski definition) is 2. The molecule has 156 valence electrons. The van der Waals surface area contributed by atoms with E-state index in [1.807, 2.05) is 18.2 Å². The van der Waals surface area contributed by atoms with Crippen molar-refractivity contribution in [1.82, 2.24) is 10.2 Å². The molecule has 1 saturated carbocycles. The second-order valence-electron chi connectivity index (χ2n) is 7.73. The summed E-state index contributed by atoms with van der Waals surface area (Å²) in [4.78, 5) is 40.6. The molecule has 2 fully saturated rings. The van der Waals surface area contributed by atoms with Gasteiger partial charge in [0.1, 0.15) is 0 Å². The van der Waals surface area contributed by atoms with Crippen LogP contribution in [0.3, 0.4) is 0 Å². The molecule has 4 rings (SSSR count). The van der Waals surface area contributed by atoms with Gasteiger partial charge in [0.25, 0.3) is 5.91 Å². The number of nitrogens with one attached hydrogen (secondary N) is 2. The quantitative estimate of drug-likeness (QED) is 0.770. The number of nitrogens with zero attached hydrogens (tertiary/aromatic N) is 2. The van der Waals surface area contributed by atoms with Gasteiger partial charge in [0, 0.05) is 49.0 Å². The Morgan fingerprint density at radius 1 is 0.867 bits per heavy atom. The molecule has 7 nitrogen and oxygen atoms in total. The SMILES string of the molecule is O=C(NCC(=O)N1CCN(c2ccccc2)CC1)c1ccc(NC(=O)C2CC2)cc1. The maximum atomic E-state index is 12.5. The van der Waals surface area contributed by atoms with E-state index in [9.17, 15) is 14.4 Å². The fraction of sp³-hybridized carbons (Fsp3) is 0.348. The summed E-state index contributed by atoms with van der Waals surface area (Å²) in [6, 6.07) is 16.9. The van der Waals surface area contributed by atoms with E-state index in [2.05, 4.69) is 27.7 Å². The molecule has 2 N–H and O–H groups in total. The van der Waals surface area contributed by atoms with Crippen LogP contribution in [0, 0.1) is 5.92 Å². The normalized spacial score (nSPS) is 16.1. The average molecular weight is 406 g/mol. The summed E-state index contributed by atoms with van der Waals surface area (Å²) in [6.45, 7) is 2.80. The first-order valence-corrected chi connectivity index (χ1v) is 10.4. The van der Waals surface area contributed by atoms with Gasteiger partial charge in [0.2, 0.25) is 11.8 Å². The highest BCUT2D eigenvalue weighted by Gasteiger charge is 2.29. The average Bonchev–Trinajstić information content (AvgIpc) is 3.64. The zero-order chi connectivity index (χ0) is 20.9. The Balaban J connectivity index is 1.22. The zero-order valence-corrected chi connectivity index (χ0v) is 16.8. The highest BCUT2D eigenvalue weighted by Crippen LogP contribution is 2.30. The lowest BCUT2D eigenvalue weighted by Gasteiger charge is -2.36. The smallest absolute Gasteiger partial charge is 0.251 e. The van der Waals surface area contributed by atoms with Gasteiger partial charge in [0.15, 0.2) is 0 Å². The molecule has 1 saturated heterocycles. The molecule has 0 spiro atoms. The van der Waals surface area contributed by atoms with Crippen LogP contribution < -0.4 is 15.5 Å². The zero-order valence-electron chi connectivity index (χ0n) is 16.8. The Kier molecular flexibility index (Phi) is 5.97. The number of para-hydroxylation sites is 1. The Hall–Kier alpha value is -3.35. The van der Waals surface area contributed by atoms with E-state index in [0.717, 1.165) is 31.6 Å². The molecule has 2 aromatic carbocycles. The number of hydrogen-bond acceptors (Lipinski definition) is 4.